The number of nitrogens with one attached hydrogen (secondary N) is 2. The molecule has 2 N–H and O–H groups in total. The molecular weight excluding hydrogens is 667 g/mol. The van der Waals surface area contributed by atoms with Crippen LogP contribution in [0.3, 0.4) is 0 Å². The van der Waals surface area contributed by atoms with Crippen LogP contribution < -0.4 is 10.6 Å². The molecule has 11 nitrogen and oxygen atoms in total. The van der Waals surface area contributed by atoms with Crippen LogP contribution in [0.15, 0.2) is 12.1 Å². The van der Waals surface area contributed by atoms with Gasteiger partial charge in [0.2, 0.25) is 0 Å². The van der Waals surface area contributed by atoms with Crippen molar-refractivity contribution in [2.45, 2.75) is 38.5 Å². The Kier molecular flexibility index (Phi) is 12.1. The molecule has 2 aromatic rings. The number of rotatable bonds is 19. The summed E-state index contributed by atoms with van der Waals surface area (Å²) >= 11 is 2.35. The number of unbranched alkanes of at least 4 members (excludes halogenated alkanes) is 2. The molecular formula is C31H41IN4O7. The lowest BCUT2D eigenvalue weighted by atomic mass is 9.83. The van der Waals surface area contributed by atoms with E-state index in [1.54, 1.807) is 33.5 Å². The van der Waals surface area contributed by atoms with E-state index in [1.165, 1.54) is 9.80 Å². The minimum Gasteiger partial charge on any atom is -0.385 e. The summed E-state index contributed by atoms with van der Waals surface area (Å²) in [6.07, 6.45) is 4.63. The van der Waals surface area contributed by atoms with Gasteiger partial charge in [-0.05, 0) is 48.7 Å². The van der Waals surface area contributed by atoms with Crippen molar-refractivity contribution in [3.8, 4) is 0 Å². The van der Waals surface area contributed by atoms with E-state index in [2.05, 4.69) is 33.2 Å². The van der Waals surface area contributed by atoms with Crippen LogP contribution in [0.2, 0.25) is 0 Å². The Morgan fingerprint density at radius 1 is 0.605 bits per heavy atom. The van der Waals surface area contributed by atoms with Gasteiger partial charge in [0.1, 0.15) is 0 Å². The first-order chi connectivity index (χ1) is 20.9. The number of anilines is 2. The van der Waals surface area contributed by atoms with Crippen molar-refractivity contribution in [1.29, 1.82) is 0 Å². The number of carbonyl (C=O) groups is 4. The van der Waals surface area contributed by atoms with Crippen molar-refractivity contribution < 1.29 is 33.4 Å². The molecule has 2 aliphatic rings. The van der Waals surface area contributed by atoms with Gasteiger partial charge in [0.05, 0.1) is 22.3 Å². The summed E-state index contributed by atoms with van der Waals surface area (Å²) in [6.45, 7) is 2.77. The number of imide groups is 2. The molecule has 0 saturated carbocycles. The second-order valence-electron chi connectivity index (χ2n) is 10.6. The minimum absolute atomic E-state index is 0.184. The maximum absolute atomic E-state index is 14.0. The summed E-state index contributed by atoms with van der Waals surface area (Å²) in [4.78, 5) is 58.3. The molecule has 0 unspecified atom stereocenters. The van der Waals surface area contributed by atoms with Crippen molar-refractivity contribution >= 4 is 68.4 Å². The Bertz CT molecular complexity index is 1370. The van der Waals surface area contributed by atoms with Gasteiger partial charge >= 0.3 is 0 Å². The molecule has 0 saturated heterocycles. The fraction of sp³-hybridized carbons (Fsp3) is 0.548. The summed E-state index contributed by atoms with van der Waals surface area (Å²) in [7, 11) is 4.77. The van der Waals surface area contributed by atoms with Crippen molar-refractivity contribution in [2.24, 2.45) is 0 Å². The first kappa shape index (κ1) is 33.1. The highest BCUT2D eigenvalue weighted by atomic mass is 127. The average molecular weight is 709 g/mol. The van der Waals surface area contributed by atoms with Crippen LogP contribution in [0, 0.1) is 0 Å². The molecule has 2 aliphatic heterocycles. The molecule has 2 heterocycles. The fourth-order valence-corrected chi connectivity index (χ4v) is 6.18. The quantitative estimate of drug-likeness (QED) is 0.0935. The van der Waals surface area contributed by atoms with E-state index in [9.17, 15) is 19.2 Å². The zero-order chi connectivity index (χ0) is 30.9. The Labute approximate surface area is 266 Å². The van der Waals surface area contributed by atoms with Crippen molar-refractivity contribution in [2.75, 3.05) is 82.4 Å². The summed E-state index contributed by atoms with van der Waals surface area (Å²) in [5, 5.41) is 7.43. The van der Waals surface area contributed by atoms with Crippen molar-refractivity contribution in [3.63, 3.8) is 0 Å². The number of carbonyl (C=O) groups excluding carboxylic acids is 4. The summed E-state index contributed by atoms with van der Waals surface area (Å²) in [5.41, 5.74) is 2.17. The minimum atomic E-state index is -0.456. The molecule has 0 bridgehead atoms. The highest BCUT2D eigenvalue weighted by molar-refractivity contribution is 14.1. The smallest absolute Gasteiger partial charge is 0.263 e. The highest BCUT2D eigenvalue weighted by Gasteiger charge is 2.42. The van der Waals surface area contributed by atoms with E-state index in [1.807, 2.05) is 0 Å². The van der Waals surface area contributed by atoms with Crippen LogP contribution in [0.5, 0.6) is 0 Å². The average Bonchev–Trinajstić information content (AvgIpc) is 3.00. The predicted octanol–water partition coefficient (Wildman–Crippen LogP) is 4.57. The van der Waals surface area contributed by atoms with E-state index in [-0.39, 0.29) is 13.1 Å². The van der Waals surface area contributed by atoms with E-state index < -0.39 is 23.6 Å². The summed E-state index contributed by atoms with van der Waals surface area (Å²) in [5.74, 6) is -1.79. The van der Waals surface area contributed by atoms with E-state index >= 15 is 0 Å². The molecule has 0 radical (unpaired) electrons. The molecule has 4 amide bonds. The molecule has 0 aliphatic carbocycles. The van der Waals surface area contributed by atoms with Crippen molar-refractivity contribution in [1.82, 2.24) is 9.80 Å². The van der Waals surface area contributed by atoms with Crippen LogP contribution in [0.1, 0.15) is 80.0 Å². The van der Waals surface area contributed by atoms with Gasteiger partial charge in [-0.1, -0.05) is 29.0 Å². The molecule has 4 rings (SSSR count). The highest BCUT2D eigenvalue weighted by Crippen LogP contribution is 2.44. The van der Waals surface area contributed by atoms with Crippen LogP contribution in [-0.2, 0) is 14.2 Å². The number of hydrogen-bond donors (Lipinski definition) is 2. The Morgan fingerprint density at radius 2 is 1.05 bits per heavy atom. The Hall–Kier alpha value is -2.81. The Balaban J connectivity index is 1.91. The molecule has 2 aromatic carbocycles. The summed E-state index contributed by atoms with van der Waals surface area (Å²) < 4.78 is 16.6. The van der Waals surface area contributed by atoms with Gasteiger partial charge in [-0.25, -0.2) is 0 Å². The van der Waals surface area contributed by atoms with E-state index in [4.69, 9.17) is 14.2 Å². The third-order valence-corrected chi connectivity index (χ3v) is 8.46. The number of ether oxygens (including phenoxy) is 3. The largest absolute Gasteiger partial charge is 0.385 e. The van der Waals surface area contributed by atoms with Gasteiger partial charge < -0.3 is 24.8 Å². The van der Waals surface area contributed by atoms with Gasteiger partial charge in [0, 0.05) is 89.5 Å². The standard InChI is InChI=1S/C31H41IN4O7/c1-41-15-7-12-34-23-19-21-24-25-20(28(37)36(14-9-17-43-3)31(40)27(23)25)18-22(33-11-6-4-5-10-32)26(24)30(39)35(29(21)38)13-8-16-42-2/h18-19,33-34H,4-17H2,1-3H3. The lowest BCUT2D eigenvalue weighted by Crippen LogP contribution is -2.44. The second kappa shape index (κ2) is 15.8. The van der Waals surface area contributed by atoms with Crippen LogP contribution in [-0.4, -0.2) is 105 Å². The zero-order valence-electron chi connectivity index (χ0n) is 25.2. The summed E-state index contributed by atoms with van der Waals surface area (Å²) in [6, 6.07) is 3.36. The predicted molar refractivity (Wildman–Crippen MR) is 174 cm³/mol. The Morgan fingerprint density at radius 3 is 1.49 bits per heavy atom. The van der Waals surface area contributed by atoms with Crippen LogP contribution >= 0.6 is 22.6 Å². The normalized spacial score (nSPS) is 14.3. The van der Waals surface area contributed by atoms with Gasteiger partial charge in [-0.15, -0.1) is 0 Å². The van der Waals surface area contributed by atoms with Gasteiger partial charge in [0.25, 0.3) is 23.6 Å². The third-order valence-electron chi connectivity index (χ3n) is 7.70. The zero-order valence-corrected chi connectivity index (χ0v) is 27.3. The third kappa shape index (κ3) is 6.97. The molecule has 12 heteroatoms. The van der Waals surface area contributed by atoms with E-state index in [0.29, 0.717) is 96.6 Å². The number of amides is 4. The van der Waals surface area contributed by atoms with Gasteiger partial charge in [0.15, 0.2) is 0 Å². The SMILES string of the molecule is COCCCNc1cc2c3c(c(NCCCCCI)cc4c3c1C(=O)N(CCCOC)C4=O)C(=O)N(CCCOC)C2=O. The number of halogens is 1. The number of methoxy groups -OCH3 is 3. The number of benzene rings is 2. The molecule has 43 heavy (non-hydrogen) atoms. The molecule has 0 aromatic heterocycles. The van der Waals surface area contributed by atoms with Crippen LogP contribution in [0.25, 0.3) is 10.8 Å². The lowest BCUT2D eigenvalue weighted by molar-refractivity contribution is 0.0574. The lowest BCUT2D eigenvalue weighted by Gasteiger charge is -2.34. The molecule has 0 atom stereocenters. The maximum Gasteiger partial charge on any atom is 0.263 e. The van der Waals surface area contributed by atoms with Gasteiger partial charge in [-0.2, -0.15) is 0 Å². The monoisotopic (exact) mass is 708 g/mol. The number of nitrogens with zero attached hydrogens (tertiary/aromatic N) is 2. The molecule has 0 spiro atoms. The van der Waals surface area contributed by atoms with E-state index in [0.717, 1.165) is 23.7 Å². The molecule has 0 fully saturated rings. The molecule has 234 valence electrons. The number of hydrogen-bond acceptors (Lipinski definition) is 9. The maximum atomic E-state index is 14.0. The first-order valence-corrected chi connectivity index (χ1v) is 16.3. The fourth-order valence-electron chi connectivity index (χ4n) is 5.64. The number of alkyl halides is 1. The topological polar surface area (TPSA) is 127 Å². The van der Waals surface area contributed by atoms with Gasteiger partial charge in [-0.3, -0.25) is 29.0 Å². The first-order valence-electron chi connectivity index (χ1n) is 14.8. The second-order valence-corrected chi connectivity index (χ2v) is 11.7. The van der Waals surface area contributed by atoms with Crippen molar-refractivity contribution in [3.05, 3.63) is 34.4 Å². The van der Waals surface area contributed by atoms with Crippen LogP contribution in [0.4, 0.5) is 11.4 Å².